The smallest absolute Gasteiger partial charge is 0.258 e. The minimum absolute atomic E-state index is 0.122. The lowest BCUT2D eigenvalue weighted by Gasteiger charge is -2.24. The van der Waals surface area contributed by atoms with Gasteiger partial charge in [0.1, 0.15) is 18.2 Å². The van der Waals surface area contributed by atoms with Crippen LogP contribution >= 0.6 is 0 Å². The second-order valence-electron chi connectivity index (χ2n) is 6.35. The van der Waals surface area contributed by atoms with E-state index in [0.717, 1.165) is 11.3 Å². The Kier molecular flexibility index (Phi) is 4.46. The molecule has 0 saturated carbocycles. The summed E-state index contributed by atoms with van der Waals surface area (Å²) in [4.78, 5) is 34.1. The van der Waals surface area contributed by atoms with Crippen molar-refractivity contribution >= 4 is 22.9 Å². The number of nitrogens with one attached hydrogen (secondary N) is 1. The van der Waals surface area contributed by atoms with Gasteiger partial charge in [-0.15, -0.1) is 0 Å². The van der Waals surface area contributed by atoms with E-state index < -0.39 is 0 Å². The monoisotopic (exact) mass is 361 g/mol. The topological polar surface area (TPSA) is 75.3 Å². The van der Waals surface area contributed by atoms with Crippen LogP contribution in [0.5, 0.6) is 5.75 Å². The number of hydrogen-bond donors (Lipinski definition) is 1. The summed E-state index contributed by atoms with van der Waals surface area (Å²) >= 11 is 0. The van der Waals surface area contributed by atoms with Gasteiger partial charge in [0.2, 0.25) is 0 Å². The maximum atomic E-state index is 12.9. The normalized spacial score (nSPS) is 12.9. The average Bonchev–Trinajstić information content (AvgIpc) is 2.71. The number of carbonyl (C=O) groups excluding carboxylic acids is 1. The lowest BCUT2D eigenvalue weighted by molar-refractivity contribution is -0.127. The third kappa shape index (κ3) is 3.33. The second kappa shape index (κ2) is 7.07. The highest BCUT2D eigenvalue weighted by Gasteiger charge is 2.22. The molecule has 0 aliphatic carbocycles. The van der Waals surface area contributed by atoms with Crippen LogP contribution in [0.3, 0.4) is 0 Å². The molecule has 1 N–H and O–H groups in total. The minimum atomic E-state index is -0.201. The predicted octanol–water partition coefficient (Wildman–Crippen LogP) is 2.75. The molecule has 6 heteroatoms. The number of aromatic amines is 1. The number of fused-ring (bicyclic) bond motifs is 2. The fourth-order valence-corrected chi connectivity index (χ4v) is 3.16. The number of H-pyrrole nitrogens is 1. The Bertz CT molecular complexity index is 1100. The molecular weight excluding hydrogens is 342 g/mol. The minimum Gasteiger partial charge on any atom is -0.488 e. The lowest BCUT2D eigenvalue weighted by Crippen LogP contribution is -2.35. The van der Waals surface area contributed by atoms with Crippen LogP contribution in [0, 0.1) is 0 Å². The molecule has 2 heterocycles. The first kappa shape index (κ1) is 17.0. The highest BCUT2D eigenvalue weighted by atomic mass is 16.5. The fraction of sp³-hybridized carbons (Fsp3) is 0.190. The number of likely N-dealkylation sites (N-methyl/N-ethyl adjacent to an activating group) is 1. The molecule has 3 aromatic rings. The van der Waals surface area contributed by atoms with Crippen LogP contribution < -0.4 is 10.3 Å². The quantitative estimate of drug-likeness (QED) is 0.775. The molecule has 0 bridgehead atoms. The first-order chi connectivity index (χ1) is 13.2. The zero-order valence-electron chi connectivity index (χ0n) is 14.9. The van der Waals surface area contributed by atoms with Crippen molar-refractivity contribution in [1.82, 2.24) is 14.9 Å². The van der Waals surface area contributed by atoms with Crippen LogP contribution in [0.4, 0.5) is 0 Å². The van der Waals surface area contributed by atoms with Crippen molar-refractivity contribution in [3.05, 3.63) is 75.8 Å². The summed E-state index contributed by atoms with van der Waals surface area (Å²) in [5.74, 6) is 1.12. The SMILES string of the molecule is CCN(Cc1nc2ccccc2c(=O)[nH]1)C(=O)C1=Cc2ccccc2OC1. The van der Waals surface area contributed by atoms with Crippen molar-refractivity contribution in [1.29, 1.82) is 0 Å². The Balaban J connectivity index is 1.60. The maximum Gasteiger partial charge on any atom is 0.258 e. The third-order valence-corrected chi connectivity index (χ3v) is 4.58. The molecule has 2 aromatic carbocycles. The van der Waals surface area contributed by atoms with E-state index in [1.165, 1.54) is 0 Å². The molecule has 0 atom stereocenters. The van der Waals surface area contributed by atoms with E-state index >= 15 is 0 Å². The van der Waals surface area contributed by atoms with Crippen LogP contribution in [-0.2, 0) is 11.3 Å². The molecule has 0 unspecified atom stereocenters. The van der Waals surface area contributed by atoms with Crippen molar-refractivity contribution in [2.24, 2.45) is 0 Å². The molecule has 27 heavy (non-hydrogen) atoms. The number of carbonyl (C=O) groups is 1. The summed E-state index contributed by atoms with van der Waals surface area (Å²) in [5.41, 5.74) is 1.89. The molecule has 0 radical (unpaired) electrons. The summed E-state index contributed by atoms with van der Waals surface area (Å²) in [6, 6.07) is 14.8. The third-order valence-electron chi connectivity index (χ3n) is 4.58. The van der Waals surface area contributed by atoms with E-state index in [0.29, 0.717) is 28.8 Å². The molecule has 0 fully saturated rings. The first-order valence-electron chi connectivity index (χ1n) is 8.85. The zero-order valence-corrected chi connectivity index (χ0v) is 14.9. The summed E-state index contributed by atoms with van der Waals surface area (Å²) in [6.45, 7) is 2.85. The van der Waals surface area contributed by atoms with E-state index in [-0.39, 0.29) is 24.6 Å². The molecule has 0 spiro atoms. The predicted molar refractivity (Wildman–Crippen MR) is 103 cm³/mol. The molecule has 0 saturated heterocycles. The number of amides is 1. The van der Waals surface area contributed by atoms with Crippen LogP contribution in [0.2, 0.25) is 0 Å². The van der Waals surface area contributed by atoms with Gasteiger partial charge in [-0.1, -0.05) is 30.3 Å². The number of rotatable bonds is 4. The van der Waals surface area contributed by atoms with E-state index in [1.54, 1.807) is 23.1 Å². The van der Waals surface area contributed by atoms with Crippen molar-refractivity contribution in [3.8, 4) is 5.75 Å². The van der Waals surface area contributed by atoms with E-state index in [4.69, 9.17) is 4.74 Å². The fourth-order valence-electron chi connectivity index (χ4n) is 3.16. The van der Waals surface area contributed by atoms with Gasteiger partial charge in [0.25, 0.3) is 11.5 Å². The van der Waals surface area contributed by atoms with Gasteiger partial charge in [0.15, 0.2) is 0 Å². The zero-order chi connectivity index (χ0) is 18.8. The summed E-state index contributed by atoms with van der Waals surface area (Å²) < 4.78 is 5.69. The lowest BCUT2D eigenvalue weighted by atomic mass is 10.1. The van der Waals surface area contributed by atoms with Crippen LogP contribution in [0.1, 0.15) is 18.3 Å². The van der Waals surface area contributed by atoms with Gasteiger partial charge in [0.05, 0.1) is 23.0 Å². The number of aromatic nitrogens is 2. The summed E-state index contributed by atoms with van der Waals surface area (Å²) in [7, 11) is 0. The Morgan fingerprint density at radius 3 is 2.81 bits per heavy atom. The molecule has 1 aliphatic heterocycles. The highest BCUT2D eigenvalue weighted by Crippen LogP contribution is 2.26. The standard InChI is InChI=1S/C21H19N3O3/c1-2-24(12-19-22-17-9-5-4-8-16(17)20(25)23-19)21(26)15-11-14-7-3-6-10-18(14)27-13-15/h3-11H,2,12-13H2,1H3,(H,22,23,25). The van der Waals surface area contributed by atoms with E-state index in [2.05, 4.69) is 9.97 Å². The highest BCUT2D eigenvalue weighted by molar-refractivity contribution is 5.99. The number of nitrogens with zero attached hydrogens (tertiary/aromatic N) is 2. The Morgan fingerprint density at radius 2 is 1.96 bits per heavy atom. The van der Waals surface area contributed by atoms with E-state index in [1.807, 2.05) is 43.3 Å². The maximum absolute atomic E-state index is 12.9. The summed E-state index contributed by atoms with van der Waals surface area (Å²) in [6.07, 6.45) is 1.86. The van der Waals surface area contributed by atoms with Crippen molar-refractivity contribution in [3.63, 3.8) is 0 Å². The molecule has 1 aliphatic rings. The van der Waals surface area contributed by atoms with Gasteiger partial charge in [-0.3, -0.25) is 9.59 Å². The number of hydrogen-bond acceptors (Lipinski definition) is 4. The van der Waals surface area contributed by atoms with Crippen LogP contribution in [-0.4, -0.2) is 33.9 Å². The van der Waals surface area contributed by atoms with Crippen molar-refractivity contribution in [2.75, 3.05) is 13.2 Å². The Morgan fingerprint density at radius 1 is 1.19 bits per heavy atom. The first-order valence-corrected chi connectivity index (χ1v) is 8.85. The van der Waals surface area contributed by atoms with Gasteiger partial charge < -0.3 is 14.6 Å². The molecule has 136 valence electrons. The van der Waals surface area contributed by atoms with Crippen LogP contribution in [0.15, 0.2) is 58.9 Å². The Hall–Kier alpha value is -3.41. The number of ether oxygens (including phenoxy) is 1. The Labute approximate surface area is 156 Å². The van der Waals surface area contributed by atoms with E-state index in [9.17, 15) is 9.59 Å². The van der Waals surface area contributed by atoms with Gasteiger partial charge in [0, 0.05) is 12.1 Å². The second-order valence-corrected chi connectivity index (χ2v) is 6.35. The molecule has 4 rings (SSSR count). The number of para-hydroxylation sites is 2. The van der Waals surface area contributed by atoms with Gasteiger partial charge in [-0.2, -0.15) is 0 Å². The summed E-state index contributed by atoms with van der Waals surface area (Å²) in [5, 5.41) is 0.538. The van der Waals surface area contributed by atoms with Gasteiger partial charge in [-0.05, 0) is 31.2 Å². The molecular formula is C21H19N3O3. The van der Waals surface area contributed by atoms with Crippen molar-refractivity contribution in [2.45, 2.75) is 13.5 Å². The largest absolute Gasteiger partial charge is 0.488 e. The van der Waals surface area contributed by atoms with Gasteiger partial charge in [-0.25, -0.2) is 4.98 Å². The van der Waals surface area contributed by atoms with Crippen LogP contribution in [0.25, 0.3) is 17.0 Å². The molecule has 1 amide bonds. The average molecular weight is 361 g/mol. The number of benzene rings is 2. The van der Waals surface area contributed by atoms with Gasteiger partial charge >= 0.3 is 0 Å². The van der Waals surface area contributed by atoms with Crippen molar-refractivity contribution < 1.29 is 9.53 Å². The molecule has 6 nitrogen and oxygen atoms in total. The molecule has 1 aromatic heterocycles.